The fraction of sp³-hybridized carbons (Fsp3) is 0.857. The molecule has 0 aromatic rings. The van der Waals surface area contributed by atoms with Gasteiger partial charge in [-0.05, 0) is 318 Å². The largest absolute Gasteiger partial charge is 0.462 e. The average Bonchev–Trinajstić information content (AvgIpc) is 1.66. The van der Waals surface area contributed by atoms with E-state index in [4.69, 9.17) is 14.2 Å². The van der Waals surface area contributed by atoms with Crippen LogP contribution < -0.4 is 0 Å². The first kappa shape index (κ1) is 75.5. The van der Waals surface area contributed by atoms with Crippen LogP contribution in [0.1, 0.15) is 340 Å². The Morgan fingerprint density at radius 3 is 1.06 bits per heavy atom. The second kappa shape index (κ2) is 23.9. The van der Waals surface area contributed by atoms with E-state index in [1.54, 1.807) is 25.0 Å². The first-order chi connectivity index (χ1) is 46.6. The minimum absolute atomic E-state index is 0.00179. The summed E-state index contributed by atoms with van der Waals surface area (Å²) in [5.74, 6) is 5.19. The quantitative estimate of drug-likeness (QED) is 0.151. The lowest BCUT2D eigenvalue weighted by atomic mass is 9.33. The van der Waals surface area contributed by atoms with E-state index in [1.807, 2.05) is 13.8 Å². The third kappa shape index (κ3) is 10.0. The van der Waals surface area contributed by atoms with Gasteiger partial charge in [-0.25, -0.2) is 0 Å². The van der Waals surface area contributed by atoms with Crippen molar-refractivity contribution in [3.05, 3.63) is 33.4 Å². The van der Waals surface area contributed by atoms with Crippen LogP contribution in [0.25, 0.3) is 0 Å². The molecule has 24 atom stereocenters. The summed E-state index contributed by atoms with van der Waals surface area (Å²) >= 11 is 0. The molecule has 0 aromatic carbocycles. The molecule has 0 amide bonds. The smallest absolute Gasteiger partial charge is 0.302 e. The van der Waals surface area contributed by atoms with Crippen molar-refractivity contribution in [1.29, 1.82) is 0 Å². The molecule has 12 saturated carbocycles. The summed E-state index contributed by atoms with van der Waals surface area (Å²) in [7, 11) is 0. The van der Waals surface area contributed by atoms with Crippen LogP contribution in [0, 0.1) is 134 Å². The van der Waals surface area contributed by atoms with Gasteiger partial charge in [0, 0.05) is 55.4 Å². The standard InChI is InChI=1S/C31H48O3.C30H44O4.C30H46O3/c1-9-31-17-16-29(7)21(26(31)19(2)22(33)18-31)10-11-24-28(6)14-13-25(34-20(3)32)27(4,5)23(28)12-15-30(24,29)8;1-17-23-19-9-10-21-27(5)13-12-22(34-18(2)31)26(3,4)20(27)11-14-30(21,8)29(19,7)16-15-28(23,6)25(33)24(17)32;1-18-21(32)17-27(5)15-16-29(7)20(25(18)27)9-10-23-28(6)13-12-24(33-19(2)31)26(3,4)22(28)11-14-30(23,29)8/h21,23-25H,9-18H2,1-8H3;19-22H,9-16H2,1-8H3;20,22-24H,9-17H2,1-8H3/t21?,23?,24?,25-,28-,29+,30+,31-;19?,20?,21?,22-,27-,28+,29+,30+;20?,22?,23?,24-,27-,28-,29+,30+/m000/s1. The molecule has 0 N–H and O–H groups in total. The third-order valence-corrected chi connectivity index (χ3v) is 38.5. The Morgan fingerprint density at radius 1 is 0.347 bits per heavy atom. The van der Waals surface area contributed by atoms with Crippen molar-refractivity contribution < 1.29 is 47.8 Å². The van der Waals surface area contributed by atoms with E-state index in [9.17, 15) is 33.6 Å². The maximum absolute atomic E-state index is 13.0. The molecule has 15 rings (SSSR count). The number of fused-ring (bicyclic) bond motifs is 21. The predicted molar refractivity (Wildman–Crippen MR) is 399 cm³/mol. The Hall–Kier alpha value is -3.69. The third-order valence-electron chi connectivity index (χ3n) is 38.5. The number of hydrogen-bond acceptors (Lipinski definition) is 10. The molecule has 0 heterocycles. The van der Waals surface area contributed by atoms with Crippen LogP contribution in [0.3, 0.4) is 0 Å². The zero-order chi connectivity index (χ0) is 74.1. The summed E-state index contributed by atoms with van der Waals surface area (Å²) in [4.78, 5) is 87.1. The van der Waals surface area contributed by atoms with Gasteiger partial charge in [0.05, 0.1) is 5.41 Å². The number of Topliss-reactive ketones (excluding diaryl/α,β-unsaturated/α-hetero) is 4. The highest BCUT2D eigenvalue weighted by atomic mass is 16.6. The molecule has 0 aromatic heterocycles. The number of rotatable bonds is 4. The predicted octanol–water partition coefficient (Wildman–Crippen LogP) is 21.4. The van der Waals surface area contributed by atoms with E-state index >= 15 is 0 Å². The van der Waals surface area contributed by atoms with Crippen LogP contribution in [0.15, 0.2) is 33.4 Å². The summed E-state index contributed by atoms with van der Waals surface area (Å²) < 4.78 is 17.6. The molecule has 15 aliphatic rings. The highest BCUT2D eigenvalue weighted by Gasteiger charge is 2.74. The van der Waals surface area contributed by atoms with Gasteiger partial charge in [0.2, 0.25) is 11.6 Å². The van der Waals surface area contributed by atoms with E-state index in [-0.39, 0.29) is 113 Å². The van der Waals surface area contributed by atoms with Gasteiger partial charge in [-0.3, -0.25) is 33.6 Å². The lowest BCUT2D eigenvalue weighted by Crippen LogP contribution is -2.65. The fourth-order valence-corrected chi connectivity index (χ4v) is 32.8. The molecule has 101 heavy (non-hydrogen) atoms. The number of ketones is 4. The van der Waals surface area contributed by atoms with E-state index in [1.165, 1.54) is 102 Å². The Kier molecular flexibility index (Phi) is 17.9. The second-order valence-electron chi connectivity index (χ2n) is 42.7. The van der Waals surface area contributed by atoms with Crippen LogP contribution >= 0.6 is 0 Å². The van der Waals surface area contributed by atoms with E-state index < -0.39 is 5.41 Å². The lowest BCUT2D eigenvalue weighted by Gasteiger charge is -2.72. The molecule has 12 fully saturated rings. The van der Waals surface area contributed by atoms with Gasteiger partial charge >= 0.3 is 17.9 Å². The van der Waals surface area contributed by atoms with Crippen molar-refractivity contribution in [2.24, 2.45) is 134 Å². The molecular weight excluding hydrogens is 1250 g/mol. The zero-order valence-electron chi connectivity index (χ0n) is 68.1. The molecule has 9 unspecified atom stereocenters. The minimum Gasteiger partial charge on any atom is -0.462 e. The van der Waals surface area contributed by atoms with Crippen molar-refractivity contribution in [1.82, 2.24) is 0 Å². The molecular formula is C91H138O10. The van der Waals surface area contributed by atoms with Crippen molar-refractivity contribution in [3.8, 4) is 0 Å². The monoisotopic (exact) mass is 1390 g/mol. The van der Waals surface area contributed by atoms with Crippen LogP contribution in [-0.2, 0) is 47.8 Å². The summed E-state index contributed by atoms with van der Waals surface area (Å²) in [6, 6.07) is 0. The van der Waals surface area contributed by atoms with Crippen molar-refractivity contribution in [2.45, 2.75) is 358 Å². The van der Waals surface area contributed by atoms with Crippen LogP contribution in [-0.4, -0.2) is 59.4 Å². The Balaban J connectivity index is 0.000000135. The van der Waals surface area contributed by atoms with E-state index in [2.05, 4.69) is 132 Å². The summed E-state index contributed by atoms with van der Waals surface area (Å²) in [5, 5.41) is 0. The number of carbonyl (C=O) groups is 7. The Bertz CT molecular complexity index is 3610. The van der Waals surface area contributed by atoms with Gasteiger partial charge in [-0.2, -0.15) is 0 Å². The summed E-state index contributed by atoms with van der Waals surface area (Å²) in [6.07, 6.45) is 30.4. The Labute approximate surface area is 611 Å². The molecule has 10 heteroatoms. The normalized spacial score (nSPS) is 50.0. The molecule has 10 nitrogen and oxygen atoms in total. The average molecular weight is 1390 g/mol. The molecule has 562 valence electrons. The number of allylic oxidation sites excluding steroid dienone is 6. The van der Waals surface area contributed by atoms with Crippen molar-refractivity contribution in [2.75, 3.05) is 0 Å². The van der Waals surface area contributed by atoms with Crippen LogP contribution in [0.5, 0.6) is 0 Å². The first-order valence-electron chi connectivity index (χ1n) is 41.4. The van der Waals surface area contributed by atoms with Crippen LogP contribution in [0.2, 0.25) is 0 Å². The molecule has 0 saturated heterocycles. The molecule has 0 radical (unpaired) electrons. The topological polar surface area (TPSA) is 147 Å². The van der Waals surface area contributed by atoms with Crippen molar-refractivity contribution in [3.63, 3.8) is 0 Å². The molecule has 0 bridgehead atoms. The fourth-order valence-electron chi connectivity index (χ4n) is 32.8. The minimum atomic E-state index is -0.570. The maximum Gasteiger partial charge on any atom is 0.302 e. The molecule has 0 spiro atoms. The SMILES string of the molecule is CC(=O)O[C@H]1CC[C@@]2(C)C(CC[C@]3(C)C2CCC2C4=C(C)C(=O)C(=O)[C@]4(C)CC[C@]23C)C1(C)C.CC(=O)O[C@H]1CC[C@@]2(C)C(CC[C@]3(C)C2CCC2C4=C(C)C(=O)C[C@]4(C)CC[C@]23C)C1(C)C.CC[C@@]12CC[C@]3(C)C(CCC4[C@@]5(C)CC[C@H](OC(C)=O)C(C)(C)C5CC[C@]43C)C1=C(C)C(=O)C2. The highest BCUT2D eigenvalue weighted by Crippen LogP contribution is 2.81. The van der Waals surface area contributed by atoms with Gasteiger partial charge in [-0.1, -0.05) is 129 Å². The van der Waals surface area contributed by atoms with Crippen molar-refractivity contribution >= 4 is 41.0 Å². The second-order valence-corrected chi connectivity index (χ2v) is 42.7. The van der Waals surface area contributed by atoms with E-state index in [0.29, 0.717) is 75.7 Å². The molecule has 15 aliphatic carbocycles. The van der Waals surface area contributed by atoms with E-state index in [0.717, 1.165) is 100 Å². The summed E-state index contributed by atoms with van der Waals surface area (Å²) in [6.45, 7) is 55.0. The maximum atomic E-state index is 13.0. The van der Waals surface area contributed by atoms with Gasteiger partial charge < -0.3 is 14.2 Å². The van der Waals surface area contributed by atoms with Gasteiger partial charge in [0.15, 0.2) is 11.6 Å². The Morgan fingerprint density at radius 2 is 0.683 bits per heavy atom. The van der Waals surface area contributed by atoms with Gasteiger partial charge in [-0.15, -0.1) is 0 Å². The number of ether oxygens (including phenoxy) is 3. The van der Waals surface area contributed by atoms with Gasteiger partial charge in [0.25, 0.3) is 0 Å². The lowest BCUT2D eigenvalue weighted by molar-refractivity contribution is -0.232. The number of hydrogen-bond donors (Lipinski definition) is 0. The summed E-state index contributed by atoms with van der Waals surface area (Å²) in [5.41, 5.74) is 9.20. The first-order valence-corrected chi connectivity index (χ1v) is 41.4. The number of esters is 3. The van der Waals surface area contributed by atoms with Crippen LogP contribution in [0.4, 0.5) is 0 Å². The zero-order valence-corrected chi connectivity index (χ0v) is 68.1. The highest BCUT2D eigenvalue weighted by molar-refractivity contribution is 6.48. The molecule has 0 aliphatic heterocycles. The van der Waals surface area contributed by atoms with Gasteiger partial charge in [0.1, 0.15) is 18.3 Å². The number of carbonyl (C=O) groups excluding carboxylic acids is 7.